The van der Waals surface area contributed by atoms with Gasteiger partial charge in [0.25, 0.3) is 5.91 Å². The van der Waals surface area contributed by atoms with Crippen LogP contribution < -0.4 is 5.48 Å². The first-order chi connectivity index (χ1) is 11.9. The molecule has 0 bridgehead atoms. The van der Waals surface area contributed by atoms with Gasteiger partial charge in [-0.25, -0.2) is 18.2 Å². The molecule has 3 rings (SSSR count). The number of amides is 1. The van der Waals surface area contributed by atoms with Crippen LogP contribution in [0, 0.1) is 12.3 Å². The van der Waals surface area contributed by atoms with Gasteiger partial charge in [-0.1, -0.05) is 30.7 Å². The van der Waals surface area contributed by atoms with Gasteiger partial charge in [-0.05, 0) is 49.7 Å². The van der Waals surface area contributed by atoms with Crippen molar-refractivity contribution in [3.05, 3.63) is 35.4 Å². The number of hydroxylamine groups is 1. The van der Waals surface area contributed by atoms with E-state index < -0.39 is 21.3 Å². The van der Waals surface area contributed by atoms with Gasteiger partial charge in [0.1, 0.15) is 0 Å². The summed E-state index contributed by atoms with van der Waals surface area (Å²) in [7, 11) is -3.51. The standard InChI is InChI=1S/C18H26N2O4S/c1-14-5-2-3-6-16(14)15-7-11-20(12-8-15)25(23,24)13-18(9-4-10-18)17(21)19-22/h2-3,5-6,15,22H,4,7-13H2,1H3,(H,19,21). The molecule has 0 atom stereocenters. The molecular weight excluding hydrogens is 340 g/mol. The molecule has 1 amide bonds. The monoisotopic (exact) mass is 366 g/mol. The number of hydrogen-bond acceptors (Lipinski definition) is 4. The van der Waals surface area contributed by atoms with Gasteiger partial charge in [0, 0.05) is 13.1 Å². The number of hydrogen-bond donors (Lipinski definition) is 2. The lowest BCUT2D eigenvalue weighted by Gasteiger charge is -2.41. The summed E-state index contributed by atoms with van der Waals surface area (Å²) in [4.78, 5) is 11.9. The number of nitrogens with zero attached hydrogens (tertiary/aromatic N) is 1. The lowest BCUT2D eigenvalue weighted by atomic mass is 9.70. The van der Waals surface area contributed by atoms with Crippen molar-refractivity contribution in [2.24, 2.45) is 5.41 Å². The molecule has 1 aromatic rings. The number of carbonyl (C=O) groups is 1. The molecule has 0 aromatic heterocycles. The summed E-state index contributed by atoms with van der Waals surface area (Å²) in [5, 5.41) is 8.92. The second-order valence-electron chi connectivity index (χ2n) is 7.36. The normalized spacial score (nSPS) is 21.5. The molecule has 2 aliphatic rings. The summed E-state index contributed by atoms with van der Waals surface area (Å²) in [6.45, 7) is 3.06. The van der Waals surface area contributed by atoms with Gasteiger partial charge in [0.15, 0.2) is 0 Å². The predicted octanol–water partition coefficient (Wildman–Crippen LogP) is 2.18. The van der Waals surface area contributed by atoms with Crippen molar-refractivity contribution in [3.8, 4) is 0 Å². The van der Waals surface area contributed by atoms with Crippen LogP contribution in [-0.2, 0) is 14.8 Å². The van der Waals surface area contributed by atoms with Gasteiger partial charge in [0.2, 0.25) is 10.0 Å². The molecule has 1 saturated heterocycles. The van der Waals surface area contributed by atoms with Crippen LogP contribution >= 0.6 is 0 Å². The topological polar surface area (TPSA) is 86.7 Å². The maximum absolute atomic E-state index is 12.8. The van der Waals surface area contributed by atoms with E-state index in [0.717, 1.165) is 19.3 Å². The lowest BCUT2D eigenvalue weighted by molar-refractivity contribution is -0.143. The second-order valence-corrected chi connectivity index (χ2v) is 9.33. The van der Waals surface area contributed by atoms with Crippen LogP contribution in [0.1, 0.15) is 49.1 Å². The largest absolute Gasteiger partial charge is 0.289 e. The van der Waals surface area contributed by atoms with Gasteiger partial charge < -0.3 is 0 Å². The van der Waals surface area contributed by atoms with Crippen LogP contribution in [-0.4, -0.2) is 42.7 Å². The highest BCUT2D eigenvalue weighted by Gasteiger charge is 2.48. The number of carbonyl (C=O) groups excluding carboxylic acids is 1. The van der Waals surface area contributed by atoms with Crippen LogP contribution in [0.4, 0.5) is 0 Å². The van der Waals surface area contributed by atoms with E-state index in [1.165, 1.54) is 15.4 Å². The first kappa shape index (κ1) is 18.4. The van der Waals surface area contributed by atoms with E-state index in [9.17, 15) is 13.2 Å². The van der Waals surface area contributed by atoms with E-state index in [4.69, 9.17) is 5.21 Å². The first-order valence-corrected chi connectivity index (χ1v) is 10.5. The average Bonchev–Trinajstić information content (AvgIpc) is 2.58. The van der Waals surface area contributed by atoms with Crippen molar-refractivity contribution >= 4 is 15.9 Å². The molecule has 1 aliphatic carbocycles. The number of benzene rings is 1. The van der Waals surface area contributed by atoms with Crippen molar-refractivity contribution in [2.75, 3.05) is 18.8 Å². The van der Waals surface area contributed by atoms with Crippen LogP contribution in [0.15, 0.2) is 24.3 Å². The van der Waals surface area contributed by atoms with E-state index >= 15 is 0 Å². The van der Waals surface area contributed by atoms with Crippen molar-refractivity contribution in [2.45, 2.75) is 44.9 Å². The van der Waals surface area contributed by atoms with Crippen molar-refractivity contribution in [1.82, 2.24) is 9.79 Å². The van der Waals surface area contributed by atoms with Gasteiger partial charge in [-0.15, -0.1) is 0 Å². The number of sulfonamides is 1. The molecule has 6 nitrogen and oxygen atoms in total. The number of nitrogens with one attached hydrogen (secondary N) is 1. The minimum atomic E-state index is -3.51. The van der Waals surface area contributed by atoms with Crippen molar-refractivity contribution in [3.63, 3.8) is 0 Å². The number of aryl methyl sites for hydroxylation is 1. The Morgan fingerprint density at radius 2 is 1.92 bits per heavy atom. The Labute approximate surface area is 149 Å². The molecule has 0 radical (unpaired) electrons. The highest BCUT2D eigenvalue weighted by Crippen LogP contribution is 2.43. The van der Waals surface area contributed by atoms with Crippen LogP contribution in [0.5, 0.6) is 0 Å². The quantitative estimate of drug-likeness (QED) is 0.618. The summed E-state index contributed by atoms with van der Waals surface area (Å²) in [6, 6.07) is 8.26. The predicted molar refractivity (Wildman–Crippen MR) is 94.7 cm³/mol. The minimum Gasteiger partial charge on any atom is -0.289 e. The smallest absolute Gasteiger partial charge is 0.250 e. The fourth-order valence-corrected chi connectivity index (χ4v) is 6.16. The second kappa shape index (κ2) is 7.05. The molecule has 0 spiro atoms. The number of rotatable bonds is 5. The zero-order valence-electron chi connectivity index (χ0n) is 14.6. The summed E-state index contributed by atoms with van der Waals surface area (Å²) >= 11 is 0. The van der Waals surface area contributed by atoms with E-state index in [1.807, 2.05) is 12.1 Å². The molecule has 1 saturated carbocycles. The highest BCUT2D eigenvalue weighted by atomic mass is 32.2. The average molecular weight is 366 g/mol. The molecular formula is C18H26N2O4S. The SMILES string of the molecule is Cc1ccccc1C1CCN(S(=O)(=O)CC2(C(=O)NO)CCC2)CC1. The van der Waals surface area contributed by atoms with Crippen molar-refractivity contribution < 1.29 is 18.4 Å². The summed E-state index contributed by atoms with van der Waals surface area (Å²) in [6.07, 6.45) is 3.43. The third-order valence-corrected chi connectivity index (χ3v) is 7.90. The Balaban J connectivity index is 1.66. The van der Waals surface area contributed by atoms with E-state index in [0.29, 0.717) is 31.8 Å². The molecule has 25 heavy (non-hydrogen) atoms. The molecule has 7 heteroatoms. The fraction of sp³-hybridized carbons (Fsp3) is 0.611. The zero-order valence-corrected chi connectivity index (χ0v) is 15.4. The Morgan fingerprint density at radius 3 is 2.44 bits per heavy atom. The van der Waals surface area contributed by atoms with Gasteiger partial charge in [-0.3, -0.25) is 10.0 Å². The Hall–Kier alpha value is -1.44. The molecule has 1 aliphatic heterocycles. The molecule has 138 valence electrons. The van der Waals surface area contributed by atoms with Crippen molar-refractivity contribution in [1.29, 1.82) is 0 Å². The molecule has 1 heterocycles. The lowest BCUT2D eigenvalue weighted by Crippen LogP contribution is -2.52. The summed E-state index contributed by atoms with van der Waals surface area (Å²) < 4.78 is 27.1. The van der Waals surface area contributed by atoms with E-state index in [2.05, 4.69) is 19.1 Å². The Kier molecular flexibility index (Phi) is 5.18. The van der Waals surface area contributed by atoms with Gasteiger partial charge in [0.05, 0.1) is 11.2 Å². The van der Waals surface area contributed by atoms with Crippen LogP contribution in [0.25, 0.3) is 0 Å². The molecule has 0 unspecified atom stereocenters. The van der Waals surface area contributed by atoms with E-state index in [-0.39, 0.29) is 5.75 Å². The minimum absolute atomic E-state index is 0.207. The Bertz CT molecular complexity index is 735. The molecule has 2 fully saturated rings. The highest BCUT2D eigenvalue weighted by molar-refractivity contribution is 7.89. The van der Waals surface area contributed by atoms with Gasteiger partial charge >= 0.3 is 0 Å². The zero-order chi connectivity index (χ0) is 18.1. The fourth-order valence-electron chi connectivity index (χ4n) is 4.09. The van der Waals surface area contributed by atoms with Crippen LogP contribution in [0.2, 0.25) is 0 Å². The third-order valence-electron chi connectivity index (χ3n) is 5.83. The Morgan fingerprint density at radius 1 is 1.28 bits per heavy atom. The number of piperidine rings is 1. The van der Waals surface area contributed by atoms with E-state index in [1.54, 1.807) is 5.48 Å². The van der Waals surface area contributed by atoms with Gasteiger partial charge in [-0.2, -0.15) is 0 Å². The maximum atomic E-state index is 12.8. The third kappa shape index (κ3) is 3.59. The first-order valence-electron chi connectivity index (χ1n) is 8.86. The molecule has 1 aromatic carbocycles. The molecule has 2 N–H and O–H groups in total. The summed E-state index contributed by atoms with van der Waals surface area (Å²) in [5.41, 5.74) is 3.24. The van der Waals surface area contributed by atoms with Crippen LogP contribution in [0.3, 0.4) is 0 Å². The summed E-state index contributed by atoms with van der Waals surface area (Å²) in [5.74, 6) is -0.398. The maximum Gasteiger partial charge on any atom is 0.250 e.